The number of likely N-dealkylation sites (tertiary alicyclic amines) is 1. The van der Waals surface area contributed by atoms with Gasteiger partial charge in [0.2, 0.25) is 5.88 Å². The van der Waals surface area contributed by atoms with E-state index in [0.717, 1.165) is 11.1 Å². The Hall–Kier alpha value is -4.05. The van der Waals surface area contributed by atoms with E-state index in [1.165, 1.54) is 21.7 Å². The van der Waals surface area contributed by atoms with Gasteiger partial charge < -0.3 is 10.0 Å². The van der Waals surface area contributed by atoms with Gasteiger partial charge in [-0.3, -0.25) is 23.8 Å². The molecule has 5 rings (SSSR count). The van der Waals surface area contributed by atoms with E-state index >= 15 is 0 Å². The fourth-order valence-electron chi connectivity index (χ4n) is 5.29. The van der Waals surface area contributed by atoms with Gasteiger partial charge in [-0.2, -0.15) is 10.1 Å². The summed E-state index contributed by atoms with van der Waals surface area (Å²) < 4.78 is 17.6. The van der Waals surface area contributed by atoms with E-state index in [1.54, 1.807) is 16.9 Å². The van der Waals surface area contributed by atoms with Crippen molar-refractivity contribution in [2.24, 2.45) is 0 Å². The zero-order valence-electron chi connectivity index (χ0n) is 22.6. The first kappa shape index (κ1) is 27.5. The van der Waals surface area contributed by atoms with E-state index in [2.05, 4.69) is 15.1 Å². The second-order valence-corrected chi connectivity index (χ2v) is 10.2. The molecule has 0 aliphatic carbocycles. The molecule has 3 aromatic heterocycles. The smallest absolute Gasteiger partial charge is 0.275 e. The molecule has 1 amide bonds. The number of carbonyl (C=O) groups is 1. The van der Waals surface area contributed by atoms with E-state index in [4.69, 9.17) is 11.6 Å². The lowest BCUT2D eigenvalue weighted by molar-refractivity contribution is 0.0784. The summed E-state index contributed by atoms with van der Waals surface area (Å²) in [5.74, 6) is -2.11. The molecule has 208 valence electrons. The van der Waals surface area contributed by atoms with Gasteiger partial charge in [-0.05, 0) is 49.4 Å². The van der Waals surface area contributed by atoms with Crippen molar-refractivity contribution in [3.05, 3.63) is 86.3 Å². The lowest BCUT2D eigenvalue weighted by atomic mass is 10.0. The van der Waals surface area contributed by atoms with E-state index in [1.807, 2.05) is 39.0 Å². The number of aromatic nitrogens is 5. The quantitative estimate of drug-likeness (QED) is 0.347. The molecule has 1 saturated heterocycles. The zero-order valence-corrected chi connectivity index (χ0v) is 23.3. The maximum absolute atomic E-state index is 14.5. The number of nitrogens with zero attached hydrogens (tertiary/aromatic N) is 6. The Bertz CT molecular complexity index is 1630. The van der Waals surface area contributed by atoms with E-state index < -0.39 is 28.7 Å². The average Bonchev–Trinajstić information content (AvgIpc) is 3.63. The second-order valence-electron chi connectivity index (χ2n) is 9.72. The molecule has 0 saturated carbocycles. The highest BCUT2D eigenvalue weighted by molar-refractivity contribution is 6.30. The normalized spacial score (nSPS) is 15.1. The van der Waals surface area contributed by atoms with Crippen LogP contribution in [0.5, 0.6) is 5.88 Å². The van der Waals surface area contributed by atoms with E-state index in [-0.39, 0.29) is 35.5 Å². The summed E-state index contributed by atoms with van der Waals surface area (Å²) in [6, 6.07) is 8.72. The first-order valence-corrected chi connectivity index (χ1v) is 13.8. The van der Waals surface area contributed by atoms with Crippen molar-refractivity contribution >= 4 is 17.5 Å². The third kappa shape index (κ3) is 4.88. The summed E-state index contributed by atoms with van der Waals surface area (Å²) in [5.41, 5.74) is 1.91. The Morgan fingerprint density at radius 1 is 1.18 bits per heavy atom. The summed E-state index contributed by atoms with van der Waals surface area (Å²) in [6.45, 7) is 6.93. The summed E-state index contributed by atoms with van der Waals surface area (Å²) in [6.07, 6.45) is 4.85. The molecule has 4 aromatic rings. The van der Waals surface area contributed by atoms with Crippen LogP contribution in [0.15, 0.2) is 47.5 Å². The Labute approximate surface area is 235 Å². The van der Waals surface area contributed by atoms with Crippen LogP contribution in [-0.4, -0.2) is 53.3 Å². The Kier molecular flexibility index (Phi) is 7.71. The average molecular weight is 565 g/mol. The third-order valence-electron chi connectivity index (χ3n) is 7.36. The van der Waals surface area contributed by atoms with Crippen molar-refractivity contribution in [1.29, 1.82) is 0 Å². The monoisotopic (exact) mass is 564 g/mol. The predicted octanol–water partition coefficient (Wildman–Crippen LogP) is 4.76. The molecule has 0 bridgehead atoms. The maximum atomic E-state index is 14.5. The van der Waals surface area contributed by atoms with Gasteiger partial charge in [-0.25, -0.2) is 4.39 Å². The molecule has 1 atom stereocenters. The minimum Gasteiger partial charge on any atom is -0.493 e. The number of para-hydroxylation sites is 1. The lowest BCUT2D eigenvalue weighted by Gasteiger charge is -2.21. The van der Waals surface area contributed by atoms with E-state index in [0.29, 0.717) is 37.2 Å². The van der Waals surface area contributed by atoms with Gasteiger partial charge in [0.05, 0.1) is 16.4 Å². The highest BCUT2D eigenvalue weighted by Gasteiger charge is 2.35. The number of hydrogen-bond acceptors (Lipinski definition) is 6. The summed E-state index contributed by atoms with van der Waals surface area (Å²) in [7, 11) is 0. The van der Waals surface area contributed by atoms with E-state index in [9.17, 15) is 19.1 Å². The first-order chi connectivity index (χ1) is 19.3. The number of aryl methyl sites for hydroxylation is 3. The highest BCUT2D eigenvalue weighted by Crippen LogP contribution is 2.31. The number of pyridine rings is 1. The van der Waals surface area contributed by atoms with Crippen molar-refractivity contribution < 1.29 is 14.3 Å². The van der Waals surface area contributed by atoms with Crippen LogP contribution in [0.2, 0.25) is 5.02 Å². The molecule has 1 aromatic carbocycles. The topological polar surface area (TPSA) is 106 Å². The minimum atomic E-state index is -0.687. The number of carbonyl (C=O) groups excluding carboxylic acids is 1. The van der Waals surface area contributed by atoms with Gasteiger partial charge in [0.15, 0.2) is 11.4 Å². The summed E-state index contributed by atoms with van der Waals surface area (Å²) >= 11 is 5.85. The maximum Gasteiger partial charge on any atom is 0.275 e. The molecular formula is C29H30ClFN6O3. The number of rotatable bonds is 7. The van der Waals surface area contributed by atoms with Crippen LogP contribution in [0.25, 0.3) is 17.2 Å². The molecule has 4 heterocycles. The van der Waals surface area contributed by atoms with Crippen LogP contribution in [0.4, 0.5) is 4.39 Å². The molecule has 1 unspecified atom stereocenters. The largest absolute Gasteiger partial charge is 0.493 e. The standard InChI is InChI=1S/C29H30ClFN6O3/c1-4-17-8-7-9-18(5-2)25(17)37-26(22-11-13-36(6-3)34-22)33-27(38)23(29(37)40)28(39)35-12-10-19(16-35)24-21(31)14-20(30)15-32-24/h7-9,11,13-15,19,38H,4-6,10,12,16H2,1-3H3. The first-order valence-electron chi connectivity index (χ1n) is 13.4. The number of halogens is 2. The predicted molar refractivity (Wildman–Crippen MR) is 150 cm³/mol. The number of aromatic hydroxyl groups is 1. The van der Waals surface area contributed by atoms with Crippen LogP contribution < -0.4 is 5.56 Å². The molecule has 1 N–H and O–H groups in total. The van der Waals surface area contributed by atoms with Gasteiger partial charge in [0.25, 0.3) is 11.5 Å². The number of hydrogen-bond donors (Lipinski definition) is 1. The van der Waals surface area contributed by atoms with Gasteiger partial charge >= 0.3 is 0 Å². The van der Waals surface area contributed by atoms with Crippen LogP contribution >= 0.6 is 11.6 Å². The third-order valence-corrected chi connectivity index (χ3v) is 7.57. The molecule has 1 aliphatic heterocycles. The van der Waals surface area contributed by atoms with Crippen LogP contribution in [0.1, 0.15) is 60.3 Å². The minimum absolute atomic E-state index is 0.137. The molecule has 1 fully saturated rings. The molecular weight excluding hydrogens is 535 g/mol. The van der Waals surface area contributed by atoms with Gasteiger partial charge in [-0.15, -0.1) is 0 Å². The molecule has 0 radical (unpaired) electrons. The fourth-order valence-corrected chi connectivity index (χ4v) is 5.43. The van der Waals surface area contributed by atoms with Crippen molar-refractivity contribution in [1.82, 2.24) is 29.2 Å². The summed E-state index contributed by atoms with van der Waals surface area (Å²) in [5, 5.41) is 15.7. The zero-order chi connectivity index (χ0) is 28.6. The highest BCUT2D eigenvalue weighted by atomic mass is 35.5. The molecule has 11 heteroatoms. The number of amides is 1. The van der Waals surface area contributed by atoms with Crippen molar-refractivity contribution in [3.8, 4) is 23.1 Å². The molecule has 0 spiro atoms. The fraction of sp³-hybridized carbons (Fsp3) is 0.345. The lowest BCUT2D eigenvalue weighted by Crippen LogP contribution is -2.36. The van der Waals surface area contributed by atoms with Crippen molar-refractivity contribution in [2.45, 2.75) is 52.5 Å². The van der Waals surface area contributed by atoms with Gasteiger partial charge in [0.1, 0.15) is 11.5 Å². The number of benzene rings is 1. The Morgan fingerprint density at radius 3 is 2.52 bits per heavy atom. The van der Waals surface area contributed by atoms with Gasteiger partial charge in [0, 0.05) is 37.9 Å². The van der Waals surface area contributed by atoms with Crippen LogP contribution in [-0.2, 0) is 19.4 Å². The molecule has 1 aliphatic rings. The molecule has 40 heavy (non-hydrogen) atoms. The van der Waals surface area contributed by atoms with Crippen molar-refractivity contribution in [2.75, 3.05) is 13.1 Å². The van der Waals surface area contributed by atoms with Crippen LogP contribution in [0.3, 0.4) is 0 Å². The second kappa shape index (κ2) is 11.2. The van der Waals surface area contributed by atoms with Crippen LogP contribution in [0, 0.1) is 5.82 Å². The van der Waals surface area contributed by atoms with Crippen molar-refractivity contribution in [3.63, 3.8) is 0 Å². The Balaban J connectivity index is 1.64. The summed E-state index contributed by atoms with van der Waals surface area (Å²) in [4.78, 5) is 37.9. The SMILES string of the molecule is CCc1cccc(CC)c1-n1c(-c2ccn(CC)n2)nc(O)c(C(=O)N2CCC(c3ncc(Cl)cc3F)C2)c1=O. The Morgan fingerprint density at radius 2 is 1.90 bits per heavy atom. The molecule has 9 nitrogen and oxygen atoms in total. The van der Waals surface area contributed by atoms with Gasteiger partial charge in [-0.1, -0.05) is 43.6 Å².